The lowest BCUT2D eigenvalue weighted by Gasteiger charge is -2.13. The van der Waals surface area contributed by atoms with Crippen molar-refractivity contribution >= 4 is 17.7 Å². The number of carbonyl (C=O) groups is 3. The smallest absolute Gasteiger partial charge is 0.253 e. The molecule has 1 aliphatic rings. The summed E-state index contributed by atoms with van der Waals surface area (Å²) in [4.78, 5) is 34.1. The van der Waals surface area contributed by atoms with Gasteiger partial charge in [-0.2, -0.15) is 0 Å². The third-order valence-corrected chi connectivity index (χ3v) is 2.97. The van der Waals surface area contributed by atoms with Crippen LogP contribution in [-0.2, 0) is 33.3 Å². The first-order chi connectivity index (χ1) is 11.6. The summed E-state index contributed by atoms with van der Waals surface area (Å²) in [5.41, 5.74) is 4.96. The lowest BCUT2D eigenvalue weighted by Crippen LogP contribution is -2.33. The number of hydrogen-bond acceptors (Lipinski definition) is 7. The van der Waals surface area contributed by atoms with Gasteiger partial charge in [-0.1, -0.05) is 0 Å². The summed E-state index contributed by atoms with van der Waals surface area (Å²) in [6.45, 7) is 3.28. The van der Waals surface area contributed by atoms with E-state index >= 15 is 0 Å². The Bertz CT molecular complexity index is 422. The lowest BCUT2D eigenvalue weighted by molar-refractivity contribution is -0.137. The fraction of sp³-hybridized carbons (Fsp3) is 0.667. The number of amides is 3. The molecule has 1 rings (SSSR count). The maximum atomic E-state index is 11.3. The van der Waals surface area contributed by atoms with Crippen LogP contribution in [-0.4, -0.2) is 82.0 Å². The molecule has 0 spiro atoms. The second-order valence-electron chi connectivity index (χ2n) is 4.83. The Morgan fingerprint density at radius 3 is 1.67 bits per heavy atom. The van der Waals surface area contributed by atoms with Crippen LogP contribution < -0.4 is 5.73 Å². The zero-order chi connectivity index (χ0) is 17.6. The fourth-order valence-corrected chi connectivity index (χ4v) is 1.74. The van der Waals surface area contributed by atoms with Crippen LogP contribution in [0.4, 0.5) is 0 Å². The van der Waals surface area contributed by atoms with E-state index in [1.54, 1.807) is 0 Å². The highest BCUT2D eigenvalue weighted by molar-refractivity contribution is 6.12. The van der Waals surface area contributed by atoms with Crippen molar-refractivity contribution in [2.45, 2.75) is 6.42 Å². The van der Waals surface area contributed by atoms with Crippen LogP contribution in [0.1, 0.15) is 6.42 Å². The Morgan fingerprint density at radius 1 is 0.792 bits per heavy atom. The van der Waals surface area contributed by atoms with E-state index in [2.05, 4.69) is 0 Å². The number of rotatable bonds is 15. The molecule has 0 saturated heterocycles. The van der Waals surface area contributed by atoms with Crippen molar-refractivity contribution < 1.29 is 33.3 Å². The molecule has 0 aromatic carbocycles. The van der Waals surface area contributed by atoms with E-state index in [-0.39, 0.29) is 37.3 Å². The standard InChI is InChI=1S/C15H24N2O7/c16-13(18)3-5-21-7-9-23-11-12-24-10-8-22-6-4-17-14(19)1-2-15(17)20/h1-2H,3-12H2,(H2,16,18). The van der Waals surface area contributed by atoms with E-state index in [0.717, 1.165) is 4.90 Å². The number of nitrogens with two attached hydrogens (primary N) is 1. The van der Waals surface area contributed by atoms with Crippen LogP contribution in [0, 0.1) is 0 Å². The predicted molar refractivity (Wildman–Crippen MR) is 82.9 cm³/mol. The summed E-state index contributed by atoms with van der Waals surface area (Å²) in [5.74, 6) is -1.01. The van der Waals surface area contributed by atoms with Gasteiger partial charge in [0.1, 0.15) is 0 Å². The van der Waals surface area contributed by atoms with E-state index < -0.39 is 0 Å². The molecule has 0 unspecified atom stereocenters. The summed E-state index contributed by atoms with van der Waals surface area (Å²) >= 11 is 0. The average molecular weight is 344 g/mol. The van der Waals surface area contributed by atoms with Gasteiger partial charge in [-0.3, -0.25) is 19.3 Å². The van der Waals surface area contributed by atoms with Crippen LogP contribution in [0.2, 0.25) is 0 Å². The number of imide groups is 1. The third kappa shape index (κ3) is 9.36. The third-order valence-electron chi connectivity index (χ3n) is 2.97. The average Bonchev–Trinajstić information content (AvgIpc) is 2.86. The topological polar surface area (TPSA) is 117 Å². The molecule has 0 bridgehead atoms. The Morgan fingerprint density at radius 2 is 1.21 bits per heavy atom. The minimum absolute atomic E-state index is 0.208. The second kappa shape index (κ2) is 12.6. The summed E-state index contributed by atoms with van der Waals surface area (Å²) < 4.78 is 21.0. The molecular formula is C15H24N2O7. The zero-order valence-corrected chi connectivity index (χ0v) is 13.6. The second-order valence-corrected chi connectivity index (χ2v) is 4.83. The van der Waals surface area contributed by atoms with Gasteiger partial charge in [-0.05, 0) is 0 Å². The molecule has 9 heteroatoms. The molecule has 2 N–H and O–H groups in total. The van der Waals surface area contributed by atoms with Crippen LogP contribution in [0.25, 0.3) is 0 Å². The largest absolute Gasteiger partial charge is 0.379 e. The highest BCUT2D eigenvalue weighted by Gasteiger charge is 2.22. The minimum atomic E-state index is -0.387. The van der Waals surface area contributed by atoms with Crippen molar-refractivity contribution in [2.24, 2.45) is 5.73 Å². The molecule has 0 atom stereocenters. The molecule has 0 aromatic rings. The van der Waals surface area contributed by atoms with Crippen LogP contribution in [0.5, 0.6) is 0 Å². The van der Waals surface area contributed by atoms with E-state index in [0.29, 0.717) is 46.2 Å². The number of hydrogen-bond donors (Lipinski definition) is 1. The van der Waals surface area contributed by atoms with Gasteiger partial charge < -0.3 is 24.7 Å². The van der Waals surface area contributed by atoms with Gasteiger partial charge >= 0.3 is 0 Å². The molecule has 0 fully saturated rings. The molecule has 1 heterocycles. The first-order valence-electron chi connectivity index (χ1n) is 7.74. The molecule has 3 amide bonds. The zero-order valence-electron chi connectivity index (χ0n) is 13.6. The number of carbonyl (C=O) groups excluding carboxylic acids is 3. The van der Waals surface area contributed by atoms with E-state index in [9.17, 15) is 14.4 Å². The van der Waals surface area contributed by atoms with Crippen molar-refractivity contribution in [1.82, 2.24) is 4.90 Å². The van der Waals surface area contributed by atoms with Gasteiger partial charge in [0.15, 0.2) is 0 Å². The van der Waals surface area contributed by atoms with Crippen molar-refractivity contribution in [2.75, 3.05) is 59.4 Å². The lowest BCUT2D eigenvalue weighted by atomic mass is 10.4. The summed E-state index contributed by atoms with van der Waals surface area (Å²) in [5, 5.41) is 0. The molecule has 24 heavy (non-hydrogen) atoms. The maximum Gasteiger partial charge on any atom is 0.253 e. The summed E-state index contributed by atoms with van der Waals surface area (Å²) in [6, 6.07) is 0. The van der Waals surface area contributed by atoms with Gasteiger partial charge in [-0.25, -0.2) is 0 Å². The molecule has 0 saturated carbocycles. The number of nitrogens with zero attached hydrogens (tertiary/aromatic N) is 1. The van der Waals surface area contributed by atoms with Crippen LogP contribution >= 0.6 is 0 Å². The Labute approximate surface area is 140 Å². The number of ether oxygens (including phenoxy) is 4. The molecular weight excluding hydrogens is 320 g/mol. The van der Waals surface area contributed by atoms with Crippen molar-refractivity contribution in [3.05, 3.63) is 12.2 Å². The van der Waals surface area contributed by atoms with Gasteiger partial charge in [0, 0.05) is 18.6 Å². The maximum absolute atomic E-state index is 11.3. The molecule has 0 aliphatic carbocycles. The quantitative estimate of drug-likeness (QED) is 0.294. The minimum Gasteiger partial charge on any atom is -0.379 e. The van der Waals surface area contributed by atoms with Crippen molar-refractivity contribution in [1.29, 1.82) is 0 Å². The van der Waals surface area contributed by atoms with E-state index in [1.807, 2.05) is 0 Å². The summed E-state index contributed by atoms with van der Waals surface area (Å²) in [6.07, 6.45) is 2.70. The van der Waals surface area contributed by atoms with E-state index in [4.69, 9.17) is 24.7 Å². The fourth-order valence-electron chi connectivity index (χ4n) is 1.74. The van der Waals surface area contributed by atoms with Crippen LogP contribution in [0.15, 0.2) is 12.2 Å². The highest BCUT2D eigenvalue weighted by atomic mass is 16.6. The van der Waals surface area contributed by atoms with Gasteiger partial charge in [0.2, 0.25) is 5.91 Å². The first kappa shape index (κ1) is 20.2. The molecule has 0 radical (unpaired) electrons. The molecule has 0 aromatic heterocycles. The normalized spacial score (nSPS) is 13.9. The SMILES string of the molecule is NC(=O)CCOCCOCCOCCOCCN1C(=O)C=CC1=O. The Balaban J connectivity index is 1.77. The highest BCUT2D eigenvalue weighted by Crippen LogP contribution is 2.02. The van der Waals surface area contributed by atoms with Crippen LogP contribution in [0.3, 0.4) is 0 Å². The van der Waals surface area contributed by atoms with Crippen molar-refractivity contribution in [3.8, 4) is 0 Å². The molecule has 9 nitrogen and oxygen atoms in total. The molecule has 136 valence electrons. The summed E-state index contributed by atoms with van der Waals surface area (Å²) in [7, 11) is 0. The Kier molecular flexibility index (Phi) is 10.6. The number of primary amides is 1. The van der Waals surface area contributed by atoms with Gasteiger partial charge in [0.25, 0.3) is 11.8 Å². The van der Waals surface area contributed by atoms with E-state index in [1.165, 1.54) is 12.2 Å². The van der Waals surface area contributed by atoms with Gasteiger partial charge in [-0.15, -0.1) is 0 Å². The van der Waals surface area contributed by atoms with Gasteiger partial charge in [0.05, 0.1) is 59.4 Å². The monoisotopic (exact) mass is 344 g/mol. The first-order valence-corrected chi connectivity index (χ1v) is 7.74. The predicted octanol–water partition coefficient (Wildman–Crippen LogP) is -1.15. The van der Waals surface area contributed by atoms with Crippen molar-refractivity contribution in [3.63, 3.8) is 0 Å². The molecule has 1 aliphatic heterocycles. The Hall–Kier alpha value is -1.81.